The van der Waals surface area contributed by atoms with E-state index in [2.05, 4.69) is 15.0 Å². The molecule has 0 atom stereocenters. The van der Waals surface area contributed by atoms with Gasteiger partial charge in [0.2, 0.25) is 10.6 Å². The molecule has 1 fully saturated rings. The van der Waals surface area contributed by atoms with Gasteiger partial charge in [-0.25, -0.2) is 9.97 Å². The molecule has 3 nitrogen and oxygen atoms in total. The second-order valence-corrected chi connectivity index (χ2v) is 7.07. The van der Waals surface area contributed by atoms with Crippen LogP contribution in [0.4, 0.5) is 0 Å². The summed E-state index contributed by atoms with van der Waals surface area (Å²) < 4.78 is 0. The molecule has 5 heteroatoms. The number of nitrogens with zero attached hydrogens (tertiary/aromatic N) is 3. The van der Waals surface area contributed by atoms with Crippen molar-refractivity contribution in [2.24, 2.45) is 0 Å². The molecule has 1 aromatic rings. The molecule has 0 radical (unpaired) electrons. The zero-order valence-corrected chi connectivity index (χ0v) is 14.9. The molecule has 1 heterocycles. The third-order valence-electron chi connectivity index (χ3n) is 4.57. The molecule has 1 saturated carbocycles. The average molecular weight is 344 g/mol. The first-order valence-electron chi connectivity index (χ1n) is 8.82. The minimum absolute atomic E-state index is 0.217. The molecule has 0 aromatic carbocycles. The van der Waals surface area contributed by atoms with Crippen molar-refractivity contribution in [2.75, 3.05) is 0 Å². The molecule has 22 heavy (non-hydrogen) atoms. The van der Waals surface area contributed by atoms with Crippen molar-refractivity contribution < 1.29 is 0 Å². The Labute approximate surface area is 144 Å². The van der Waals surface area contributed by atoms with E-state index in [9.17, 15) is 0 Å². The Morgan fingerprint density at radius 1 is 0.545 bits per heavy atom. The van der Waals surface area contributed by atoms with Crippen molar-refractivity contribution in [3.05, 3.63) is 16.4 Å². The number of aromatic nitrogens is 3. The third-order valence-corrected chi connectivity index (χ3v) is 4.91. The van der Waals surface area contributed by atoms with Crippen molar-refractivity contribution in [3.63, 3.8) is 0 Å². The molecule has 0 spiro atoms. The van der Waals surface area contributed by atoms with Gasteiger partial charge in [-0.3, -0.25) is 0 Å². The predicted molar refractivity (Wildman–Crippen MR) is 92.6 cm³/mol. The number of rotatable bonds is 1. The van der Waals surface area contributed by atoms with Crippen LogP contribution in [0.5, 0.6) is 0 Å². The molecule has 0 saturated heterocycles. The Morgan fingerprint density at radius 2 is 0.909 bits per heavy atom. The standard InChI is InChI=1S/C17H27Cl2N3/c18-16-20-15(21-17(19)22-16)14-12-10-8-6-4-2-1-3-5-7-9-11-13-14/h14H,1-13H2. The van der Waals surface area contributed by atoms with Gasteiger partial charge in [0.15, 0.2) is 0 Å². The van der Waals surface area contributed by atoms with E-state index in [0.29, 0.717) is 5.92 Å². The Kier molecular flexibility index (Phi) is 8.46. The second kappa shape index (κ2) is 10.4. The highest BCUT2D eigenvalue weighted by molar-refractivity contribution is 6.31. The lowest BCUT2D eigenvalue weighted by Crippen LogP contribution is -2.07. The summed E-state index contributed by atoms with van der Waals surface area (Å²) >= 11 is 11.9. The van der Waals surface area contributed by atoms with Gasteiger partial charge in [-0.2, -0.15) is 4.98 Å². The monoisotopic (exact) mass is 343 g/mol. The van der Waals surface area contributed by atoms with Crippen molar-refractivity contribution in [2.45, 2.75) is 89.4 Å². The average Bonchev–Trinajstić information content (AvgIpc) is 2.48. The molecule has 0 aliphatic heterocycles. The number of halogens is 2. The van der Waals surface area contributed by atoms with Crippen LogP contribution in [0.2, 0.25) is 10.6 Å². The predicted octanol–water partition coefficient (Wildman–Crippen LogP) is 6.35. The number of hydrogen-bond acceptors (Lipinski definition) is 3. The van der Waals surface area contributed by atoms with E-state index in [1.165, 1.54) is 70.6 Å². The van der Waals surface area contributed by atoms with Crippen LogP contribution in [-0.4, -0.2) is 15.0 Å². The van der Waals surface area contributed by atoms with E-state index in [-0.39, 0.29) is 10.6 Å². The fraction of sp³-hybridized carbons (Fsp3) is 0.824. The third kappa shape index (κ3) is 6.78. The highest BCUT2D eigenvalue weighted by Gasteiger charge is 2.16. The Hall–Kier alpha value is -0.410. The molecule has 124 valence electrons. The van der Waals surface area contributed by atoms with Crippen LogP contribution < -0.4 is 0 Å². The highest BCUT2D eigenvalue weighted by atomic mass is 35.5. The quantitative estimate of drug-likeness (QED) is 0.596. The van der Waals surface area contributed by atoms with Gasteiger partial charge in [0.05, 0.1) is 0 Å². The summed E-state index contributed by atoms with van der Waals surface area (Å²) in [5, 5.41) is 0.434. The first kappa shape index (κ1) is 17.9. The molecule has 0 N–H and O–H groups in total. The molecule has 1 aliphatic rings. The van der Waals surface area contributed by atoms with E-state index in [0.717, 1.165) is 18.7 Å². The molecule has 2 rings (SSSR count). The summed E-state index contributed by atoms with van der Waals surface area (Å²) in [7, 11) is 0. The van der Waals surface area contributed by atoms with Crippen molar-refractivity contribution in [3.8, 4) is 0 Å². The maximum absolute atomic E-state index is 5.94. The van der Waals surface area contributed by atoms with Crippen molar-refractivity contribution >= 4 is 23.2 Å². The van der Waals surface area contributed by atoms with E-state index < -0.39 is 0 Å². The molecular weight excluding hydrogens is 317 g/mol. The van der Waals surface area contributed by atoms with Crippen LogP contribution in [0.15, 0.2) is 0 Å². The normalized spacial score (nSPS) is 20.5. The highest BCUT2D eigenvalue weighted by Crippen LogP contribution is 2.28. The van der Waals surface area contributed by atoms with Gasteiger partial charge >= 0.3 is 0 Å². The van der Waals surface area contributed by atoms with Gasteiger partial charge in [-0.15, -0.1) is 0 Å². The van der Waals surface area contributed by atoms with Crippen LogP contribution in [0.3, 0.4) is 0 Å². The Morgan fingerprint density at radius 3 is 1.32 bits per heavy atom. The van der Waals surface area contributed by atoms with Crippen LogP contribution >= 0.6 is 23.2 Å². The fourth-order valence-electron chi connectivity index (χ4n) is 3.30. The van der Waals surface area contributed by atoms with Gasteiger partial charge in [-0.1, -0.05) is 70.6 Å². The van der Waals surface area contributed by atoms with E-state index in [1.807, 2.05) is 0 Å². The SMILES string of the molecule is Clc1nc(Cl)nc(C2CCCCCCCCCCCCC2)n1. The van der Waals surface area contributed by atoms with E-state index in [1.54, 1.807) is 0 Å². The van der Waals surface area contributed by atoms with Crippen LogP contribution in [0, 0.1) is 0 Å². The van der Waals surface area contributed by atoms with Gasteiger partial charge in [0.1, 0.15) is 5.82 Å². The van der Waals surface area contributed by atoms with Crippen molar-refractivity contribution in [1.82, 2.24) is 15.0 Å². The van der Waals surface area contributed by atoms with Crippen molar-refractivity contribution in [1.29, 1.82) is 0 Å². The Balaban J connectivity index is 1.95. The maximum Gasteiger partial charge on any atom is 0.226 e. The summed E-state index contributed by atoms with van der Waals surface area (Å²) in [6.45, 7) is 0. The van der Waals surface area contributed by atoms with E-state index in [4.69, 9.17) is 23.2 Å². The molecule has 1 aromatic heterocycles. The summed E-state index contributed by atoms with van der Waals surface area (Å²) in [6, 6.07) is 0. The zero-order valence-electron chi connectivity index (χ0n) is 13.4. The zero-order chi connectivity index (χ0) is 15.6. The topological polar surface area (TPSA) is 38.7 Å². The number of hydrogen-bond donors (Lipinski definition) is 0. The van der Waals surface area contributed by atoms with Gasteiger partial charge in [0, 0.05) is 5.92 Å². The van der Waals surface area contributed by atoms with Crippen LogP contribution in [0.25, 0.3) is 0 Å². The van der Waals surface area contributed by atoms with E-state index >= 15 is 0 Å². The molecule has 0 unspecified atom stereocenters. The lowest BCUT2D eigenvalue weighted by atomic mass is 9.92. The van der Waals surface area contributed by atoms with Gasteiger partial charge < -0.3 is 0 Å². The lowest BCUT2D eigenvalue weighted by molar-refractivity contribution is 0.458. The first-order valence-corrected chi connectivity index (χ1v) is 9.58. The minimum atomic E-state index is 0.217. The summed E-state index contributed by atoms with van der Waals surface area (Å²) in [5.74, 6) is 1.16. The largest absolute Gasteiger partial charge is 0.226 e. The lowest BCUT2D eigenvalue weighted by Gasteiger charge is -2.16. The minimum Gasteiger partial charge on any atom is -0.202 e. The van der Waals surface area contributed by atoms with Gasteiger partial charge in [0.25, 0.3) is 0 Å². The fourth-order valence-corrected chi connectivity index (χ4v) is 3.67. The maximum atomic E-state index is 5.94. The Bertz CT molecular complexity index is 406. The molecule has 1 aliphatic carbocycles. The first-order chi connectivity index (χ1) is 10.8. The summed E-state index contributed by atoms with van der Waals surface area (Å²) in [5.41, 5.74) is 0. The summed E-state index contributed by atoms with van der Waals surface area (Å²) in [4.78, 5) is 12.5. The second-order valence-electron chi connectivity index (χ2n) is 6.40. The van der Waals surface area contributed by atoms with Crippen LogP contribution in [-0.2, 0) is 0 Å². The molecule has 0 amide bonds. The molecule has 0 bridgehead atoms. The van der Waals surface area contributed by atoms with Crippen LogP contribution in [0.1, 0.15) is 95.2 Å². The molecular formula is C17H27Cl2N3. The summed E-state index contributed by atoms with van der Waals surface area (Å²) in [6.07, 6.45) is 17.1. The smallest absolute Gasteiger partial charge is 0.202 e. The van der Waals surface area contributed by atoms with Gasteiger partial charge in [-0.05, 0) is 36.0 Å².